The number of aromatic nitrogens is 2. The number of nitrogens with one attached hydrogen (secondary N) is 1. The van der Waals surface area contributed by atoms with Gasteiger partial charge >= 0.3 is 0 Å². The maximum Gasteiger partial charge on any atom is 0.228 e. The topological polar surface area (TPSA) is 50.2 Å². The fraction of sp³-hybridized carbons (Fsp3) is 0.368. The summed E-state index contributed by atoms with van der Waals surface area (Å²) in [6.45, 7) is 2.90. The first-order valence-corrected chi connectivity index (χ1v) is 10.5. The number of carbonyl (C=O) groups is 1. The maximum atomic E-state index is 13.5. The number of carbonyl (C=O) groups excluding carboxylic acids is 1. The molecule has 136 valence electrons. The minimum atomic E-state index is -0.0425. The van der Waals surface area contributed by atoms with Crippen molar-refractivity contribution in [3.63, 3.8) is 0 Å². The molecular formula is C19H22N4OS2. The first kappa shape index (κ1) is 17.5. The van der Waals surface area contributed by atoms with Crippen LogP contribution >= 0.6 is 22.7 Å². The number of rotatable bonds is 6. The third-order valence-electron chi connectivity index (χ3n) is 4.85. The molecule has 3 aromatic rings. The zero-order valence-corrected chi connectivity index (χ0v) is 16.3. The highest BCUT2D eigenvalue weighted by Crippen LogP contribution is 2.31. The predicted molar refractivity (Wildman–Crippen MR) is 105 cm³/mol. The minimum absolute atomic E-state index is 0.0425. The zero-order valence-electron chi connectivity index (χ0n) is 14.7. The molecule has 0 bridgehead atoms. The van der Waals surface area contributed by atoms with Crippen LogP contribution in [0, 0.1) is 5.92 Å². The van der Waals surface area contributed by atoms with Gasteiger partial charge in [0.05, 0.1) is 25.2 Å². The van der Waals surface area contributed by atoms with Crippen molar-refractivity contribution >= 4 is 28.6 Å². The van der Waals surface area contributed by atoms with Crippen LogP contribution in [0.5, 0.6) is 0 Å². The van der Waals surface area contributed by atoms with Gasteiger partial charge in [-0.2, -0.15) is 5.10 Å². The highest BCUT2D eigenvalue weighted by atomic mass is 32.1. The van der Waals surface area contributed by atoms with Gasteiger partial charge in [0.25, 0.3) is 0 Å². The molecule has 1 fully saturated rings. The smallest absolute Gasteiger partial charge is 0.228 e. The monoisotopic (exact) mass is 386 g/mol. The Morgan fingerprint density at radius 1 is 1.23 bits per heavy atom. The van der Waals surface area contributed by atoms with E-state index in [0.717, 1.165) is 18.7 Å². The Morgan fingerprint density at radius 2 is 1.92 bits per heavy atom. The molecule has 26 heavy (non-hydrogen) atoms. The van der Waals surface area contributed by atoms with Crippen molar-refractivity contribution < 1.29 is 4.79 Å². The molecule has 0 radical (unpaired) electrons. The summed E-state index contributed by atoms with van der Waals surface area (Å²) in [6, 6.07) is 8.29. The third kappa shape index (κ3) is 3.75. The van der Waals surface area contributed by atoms with Crippen LogP contribution in [-0.4, -0.2) is 33.7 Å². The van der Waals surface area contributed by atoms with E-state index in [2.05, 4.69) is 33.3 Å². The quantitative estimate of drug-likeness (QED) is 0.708. The lowest BCUT2D eigenvalue weighted by atomic mass is 9.89. The van der Waals surface area contributed by atoms with Gasteiger partial charge in [-0.15, -0.1) is 22.7 Å². The van der Waals surface area contributed by atoms with Crippen LogP contribution in [0.3, 0.4) is 0 Å². The molecule has 1 aliphatic rings. The summed E-state index contributed by atoms with van der Waals surface area (Å²) in [7, 11) is 1.92. The molecule has 1 N–H and O–H groups in total. The van der Waals surface area contributed by atoms with Gasteiger partial charge in [-0.1, -0.05) is 12.1 Å². The second kappa shape index (κ2) is 7.73. The third-order valence-corrected chi connectivity index (χ3v) is 6.57. The van der Waals surface area contributed by atoms with E-state index in [1.165, 1.54) is 9.75 Å². The largest absolute Gasteiger partial charge is 0.332 e. The van der Waals surface area contributed by atoms with Crippen LogP contribution in [0.2, 0.25) is 0 Å². The van der Waals surface area contributed by atoms with E-state index >= 15 is 0 Å². The van der Waals surface area contributed by atoms with Crippen molar-refractivity contribution in [2.75, 3.05) is 13.1 Å². The van der Waals surface area contributed by atoms with Crippen LogP contribution < -0.4 is 5.32 Å². The van der Waals surface area contributed by atoms with Crippen LogP contribution in [0.1, 0.15) is 21.2 Å². The zero-order chi connectivity index (χ0) is 17.9. The number of aryl methyl sites for hydroxylation is 1. The van der Waals surface area contributed by atoms with E-state index < -0.39 is 0 Å². The summed E-state index contributed by atoms with van der Waals surface area (Å²) >= 11 is 3.41. The number of amides is 1. The second-order valence-electron chi connectivity index (χ2n) is 6.67. The van der Waals surface area contributed by atoms with Crippen molar-refractivity contribution in [3.8, 4) is 0 Å². The van der Waals surface area contributed by atoms with Crippen LogP contribution in [0.15, 0.2) is 47.4 Å². The van der Waals surface area contributed by atoms with Crippen LogP contribution in [0.4, 0.5) is 0 Å². The lowest BCUT2D eigenvalue weighted by Gasteiger charge is -2.27. The highest BCUT2D eigenvalue weighted by molar-refractivity contribution is 7.10. The molecule has 4 heterocycles. The van der Waals surface area contributed by atoms with Gasteiger partial charge in [0, 0.05) is 42.0 Å². The Balaban J connectivity index is 1.56. The predicted octanol–water partition coefficient (Wildman–Crippen LogP) is 3.08. The molecule has 0 unspecified atom stereocenters. The van der Waals surface area contributed by atoms with Crippen molar-refractivity contribution in [1.29, 1.82) is 0 Å². The molecule has 0 spiro atoms. The molecule has 7 heteroatoms. The molecule has 0 aliphatic carbocycles. The first-order valence-electron chi connectivity index (χ1n) is 8.73. The summed E-state index contributed by atoms with van der Waals surface area (Å²) in [6.07, 6.45) is 3.92. The molecule has 4 rings (SSSR count). The van der Waals surface area contributed by atoms with Gasteiger partial charge in [0.1, 0.15) is 0 Å². The number of hydrogen-bond donors (Lipinski definition) is 1. The molecule has 3 aromatic heterocycles. The van der Waals surface area contributed by atoms with Crippen molar-refractivity contribution in [2.24, 2.45) is 13.0 Å². The maximum absolute atomic E-state index is 13.5. The molecule has 0 aromatic carbocycles. The molecule has 0 saturated carbocycles. The SMILES string of the molecule is Cn1cc([C@H]2CNC[C@@H]2C(=O)N(Cc2cccs2)Cc2cccs2)cn1. The Labute approximate surface area is 161 Å². The molecular weight excluding hydrogens is 364 g/mol. The molecule has 1 amide bonds. The van der Waals surface area contributed by atoms with Gasteiger partial charge < -0.3 is 10.2 Å². The minimum Gasteiger partial charge on any atom is -0.332 e. The normalized spacial score (nSPS) is 19.7. The number of thiophene rings is 2. The average Bonchev–Trinajstić information content (AvgIpc) is 3.41. The Hall–Kier alpha value is -1.96. The Morgan fingerprint density at radius 3 is 2.46 bits per heavy atom. The van der Waals surface area contributed by atoms with Gasteiger partial charge in [0.2, 0.25) is 5.91 Å². The Kier molecular flexibility index (Phi) is 5.19. The fourth-order valence-corrected chi connectivity index (χ4v) is 4.99. The van der Waals surface area contributed by atoms with Crippen molar-refractivity contribution in [3.05, 3.63) is 62.7 Å². The van der Waals surface area contributed by atoms with E-state index in [0.29, 0.717) is 13.1 Å². The van der Waals surface area contributed by atoms with E-state index in [1.807, 2.05) is 41.2 Å². The van der Waals surface area contributed by atoms with E-state index in [1.54, 1.807) is 22.7 Å². The molecule has 1 saturated heterocycles. The lowest BCUT2D eigenvalue weighted by molar-refractivity contribution is -0.136. The van der Waals surface area contributed by atoms with E-state index in [-0.39, 0.29) is 17.7 Å². The fourth-order valence-electron chi connectivity index (χ4n) is 3.55. The van der Waals surface area contributed by atoms with Crippen molar-refractivity contribution in [1.82, 2.24) is 20.0 Å². The van der Waals surface area contributed by atoms with Crippen LogP contribution in [-0.2, 0) is 24.9 Å². The first-order chi connectivity index (χ1) is 12.7. The molecule has 2 atom stereocenters. The summed E-state index contributed by atoms with van der Waals surface area (Å²) in [5.41, 5.74) is 1.14. The van der Waals surface area contributed by atoms with E-state index in [4.69, 9.17) is 0 Å². The van der Waals surface area contributed by atoms with Crippen LogP contribution in [0.25, 0.3) is 0 Å². The summed E-state index contributed by atoms with van der Waals surface area (Å²) in [4.78, 5) is 17.9. The lowest BCUT2D eigenvalue weighted by Crippen LogP contribution is -2.37. The number of nitrogens with zero attached hydrogens (tertiary/aromatic N) is 3. The summed E-state index contributed by atoms with van der Waals surface area (Å²) in [5.74, 6) is 0.371. The standard InChI is InChI=1S/C19H22N4OS2/c1-22-11-14(8-21-22)17-9-20-10-18(17)19(24)23(12-15-4-2-6-25-15)13-16-5-3-7-26-16/h2-8,11,17-18,20H,9-10,12-13H2,1H3/t17-,18+/m1/s1. The average molecular weight is 387 g/mol. The molecule has 5 nitrogen and oxygen atoms in total. The number of hydrogen-bond acceptors (Lipinski definition) is 5. The molecule has 1 aliphatic heterocycles. The van der Waals surface area contributed by atoms with E-state index in [9.17, 15) is 4.79 Å². The summed E-state index contributed by atoms with van der Waals surface area (Å²) in [5, 5.41) is 11.8. The highest BCUT2D eigenvalue weighted by Gasteiger charge is 2.37. The van der Waals surface area contributed by atoms with Crippen molar-refractivity contribution in [2.45, 2.75) is 19.0 Å². The second-order valence-corrected chi connectivity index (χ2v) is 8.74. The Bertz CT molecular complexity index is 805. The summed E-state index contributed by atoms with van der Waals surface area (Å²) < 4.78 is 1.81. The van der Waals surface area contributed by atoms with Gasteiger partial charge in [-0.3, -0.25) is 9.48 Å². The van der Waals surface area contributed by atoms with Gasteiger partial charge in [-0.25, -0.2) is 0 Å². The van der Waals surface area contributed by atoms with Gasteiger partial charge in [-0.05, 0) is 28.5 Å². The van der Waals surface area contributed by atoms with Gasteiger partial charge in [0.15, 0.2) is 0 Å².